The normalized spacial score (nSPS) is 31.6. The third kappa shape index (κ3) is 4.81. The number of carbonyl (C=O) groups is 4. The number of fused-ring (bicyclic) bond motifs is 3. The van der Waals surface area contributed by atoms with Crippen molar-refractivity contribution in [3.63, 3.8) is 0 Å². The second-order valence-corrected chi connectivity index (χ2v) is 12.5. The van der Waals surface area contributed by atoms with Gasteiger partial charge >= 0.3 is 0 Å². The van der Waals surface area contributed by atoms with E-state index in [1.54, 1.807) is 46.1 Å². The van der Waals surface area contributed by atoms with E-state index in [0.29, 0.717) is 29.5 Å². The van der Waals surface area contributed by atoms with E-state index >= 15 is 0 Å². The highest BCUT2D eigenvalue weighted by Gasteiger charge is 2.69. The first-order valence-electron chi connectivity index (χ1n) is 13.9. The molecule has 1 aromatic rings. The van der Waals surface area contributed by atoms with Gasteiger partial charge in [-0.1, -0.05) is 13.8 Å². The van der Waals surface area contributed by atoms with Crippen molar-refractivity contribution in [2.75, 3.05) is 45.0 Å². The van der Waals surface area contributed by atoms with Crippen LogP contribution in [0.5, 0.6) is 5.75 Å². The van der Waals surface area contributed by atoms with Gasteiger partial charge in [0, 0.05) is 38.3 Å². The number of phenols is 1. The predicted octanol–water partition coefficient (Wildman–Crippen LogP) is 0.211. The standard InChI is InChI=1S/C29H41N5O7/c1-12(2)11-31-13(3)32-17-10-18(33(4)5)15-8-14-9-16-22(34(6)7)25(37)21(28(30)40)27(39)29(16,41)26(38)19(14)24(36)20(15)23(17)35/h10,12,14,16,19,21-22,25,35,37,41H,8-9,11H2,1-7H3,(H2,30,40)(H,31,32)/t14-,16-,19?,21?,22-,25?,29-/m1/s1. The molecule has 0 heterocycles. The summed E-state index contributed by atoms with van der Waals surface area (Å²) in [5, 5.41) is 37.2. The number of phenolic OH excluding ortho intramolecular Hbond substituents is 1. The van der Waals surface area contributed by atoms with Crippen LogP contribution in [-0.2, 0) is 20.8 Å². The fourth-order valence-corrected chi connectivity index (χ4v) is 6.92. The van der Waals surface area contributed by atoms with Gasteiger partial charge in [0.05, 0.1) is 29.1 Å². The van der Waals surface area contributed by atoms with Crippen molar-refractivity contribution in [1.82, 2.24) is 4.90 Å². The smallest absolute Gasteiger partial charge is 0.230 e. The van der Waals surface area contributed by atoms with Gasteiger partial charge in [-0.25, -0.2) is 0 Å². The van der Waals surface area contributed by atoms with Crippen LogP contribution in [0.4, 0.5) is 11.4 Å². The number of nitrogens with two attached hydrogens (primary N) is 1. The number of Topliss-reactive ketones (excluding diaryl/α,β-unsaturated/α-hetero) is 3. The number of carbonyl (C=O) groups excluding carboxylic acids is 4. The van der Waals surface area contributed by atoms with Crippen LogP contribution in [0.15, 0.2) is 11.1 Å². The van der Waals surface area contributed by atoms with Crippen LogP contribution >= 0.6 is 0 Å². The molecule has 6 N–H and O–H groups in total. The summed E-state index contributed by atoms with van der Waals surface area (Å²) in [5.74, 6) is -8.49. The number of ketones is 3. The summed E-state index contributed by atoms with van der Waals surface area (Å²) < 4.78 is 0. The number of amidine groups is 1. The zero-order chi connectivity index (χ0) is 30.7. The van der Waals surface area contributed by atoms with Crippen molar-refractivity contribution in [2.45, 2.75) is 51.4 Å². The van der Waals surface area contributed by atoms with Crippen molar-refractivity contribution in [3.05, 3.63) is 17.2 Å². The highest BCUT2D eigenvalue weighted by molar-refractivity contribution is 6.26. The minimum absolute atomic E-state index is 0.0501. The number of aliphatic hydroxyl groups is 2. The van der Waals surface area contributed by atoms with Gasteiger partial charge in [0.15, 0.2) is 23.0 Å². The van der Waals surface area contributed by atoms with Crippen molar-refractivity contribution in [1.29, 1.82) is 0 Å². The maximum Gasteiger partial charge on any atom is 0.230 e. The Kier molecular flexibility index (Phi) is 8.07. The summed E-state index contributed by atoms with van der Waals surface area (Å²) in [5.41, 5.74) is 4.14. The fourth-order valence-electron chi connectivity index (χ4n) is 6.92. The van der Waals surface area contributed by atoms with Gasteiger partial charge in [-0.15, -0.1) is 0 Å². The summed E-state index contributed by atoms with van der Waals surface area (Å²) >= 11 is 0. The molecule has 3 unspecified atom stereocenters. The highest BCUT2D eigenvalue weighted by Crippen LogP contribution is 2.53. The largest absolute Gasteiger partial charge is 0.505 e. The SMILES string of the molecule is CC(=NCC(C)C)Nc1cc(N(C)C)c2c(c1O)C(=O)C1C(=O)[C@@]3(O)C(=O)C(C(N)=O)C(O)[C@H](N(C)C)[C@H]3C[C@H]1C2. The molecule has 0 saturated heterocycles. The maximum atomic E-state index is 14.1. The first kappa shape index (κ1) is 30.6. The molecule has 4 rings (SSSR count). The number of nitrogens with one attached hydrogen (secondary N) is 1. The lowest BCUT2D eigenvalue weighted by Gasteiger charge is -2.55. The molecule has 3 aliphatic rings. The summed E-state index contributed by atoms with van der Waals surface area (Å²) in [6.07, 6.45) is -1.26. The summed E-state index contributed by atoms with van der Waals surface area (Å²) in [7, 11) is 6.84. The van der Waals surface area contributed by atoms with Crippen molar-refractivity contribution < 1.29 is 34.5 Å². The maximum absolute atomic E-state index is 14.1. The number of aliphatic hydroxyl groups excluding tert-OH is 1. The van der Waals surface area contributed by atoms with E-state index in [1.807, 2.05) is 18.7 Å². The van der Waals surface area contributed by atoms with Crippen LogP contribution in [0.3, 0.4) is 0 Å². The van der Waals surface area contributed by atoms with Crippen LogP contribution in [0.1, 0.15) is 43.1 Å². The van der Waals surface area contributed by atoms with E-state index in [0.717, 1.165) is 0 Å². The van der Waals surface area contributed by atoms with Crippen LogP contribution in [0.2, 0.25) is 0 Å². The number of hydrogen-bond acceptors (Lipinski definition) is 10. The zero-order valence-electron chi connectivity index (χ0n) is 24.6. The minimum atomic E-state index is -2.70. The molecule has 12 nitrogen and oxygen atoms in total. The van der Waals surface area contributed by atoms with Gasteiger partial charge in [0.25, 0.3) is 0 Å². The summed E-state index contributed by atoms with van der Waals surface area (Å²) in [6.45, 7) is 6.35. The number of hydrogen-bond donors (Lipinski definition) is 5. The van der Waals surface area contributed by atoms with Gasteiger partial charge in [0.1, 0.15) is 11.7 Å². The molecule has 7 atom stereocenters. The van der Waals surface area contributed by atoms with Gasteiger partial charge in [-0.05, 0) is 57.3 Å². The Morgan fingerprint density at radius 3 is 2.37 bits per heavy atom. The Labute approximate surface area is 239 Å². The topological polar surface area (TPSA) is 186 Å². The molecular formula is C29H41N5O7. The molecule has 2 saturated carbocycles. The second-order valence-electron chi connectivity index (χ2n) is 12.5. The van der Waals surface area contributed by atoms with Crippen LogP contribution in [0.25, 0.3) is 0 Å². The van der Waals surface area contributed by atoms with Crippen molar-refractivity contribution in [2.24, 2.45) is 40.3 Å². The lowest BCUT2D eigenvalue weighted by molar-refractivity contribution is -0.190. The Morgan fingerprint density at radius 1 is 1.20 bits per heavy atom. The molecule has 12 heteroatoms. The molecular weight excluding hydrogens is 530 g/mol. The first-order chi connectivity index (χ1) is 19.0. The third-order valence-electron chi connectivity index (χ3n) is 8.76. The number of rotatable bonds is 6. The lowest BCUT2D eigenvalue weighted by atomic mass is 9.52. The molecule has 1 amide bonds. The number of anilines is 2. The number of amides is 1. The van der Waals surface area contributed by atoms with Gasteiger partial charge in [-0.3, -0.25) is 24.2 Å². The minimum Gasteiger partial charge on any atom is -0.505 e. The van der Waals surface area contributed by atoms with Crippen LogP contribution < -0.4 is 16.0 Å². The Balaban J connectivity index is 1.84. The third-order valence-corrected chi connectivity index (χ3v) is 8.76. The molecule has 0 spiro atoms. The number of benzene rings is 1. The molecule has 1 aromatic carbocycles. The van der Waals surface area contributed by atoms with E-state index in [1.165, 1.54) is 0 Å². The summed E-state index contributed by atoms with van der Waals surface area (Å²) in [4.78, 5) is 61.7. The van der Waals surface area contributed by atoms with Crippen LogP contribution in [0, 0.1) is 29.6 Å². The molecule has 0 bridgehead atoms. The Hall–Kier alpha value is -3.35. The zero-order valence-corrected chi connectivity index (χ0v) is 24.6. The van der Waals surface area contributed by atoms with Gasteiger partial charge in [0.2, 0.25) is 5.91 Å². The van der Waals surface area contributed by atoms with Crippen molar-refractivity contribution in [3.8, 4) is 5.75 Å². The molecule has 224 valence electrons. The Morgan fingerprint density at radius 2 is 1.83 bits per heavy atom. The predicted molar refractivity (Wildman–Crippen MR) is 153 cm³/mol. The monoisotopic (exact) mass is 571 g/mol. The average molecular weight is 572 g/mol. The number of nitrogens with zero attached hydrogens (tertiary/aromatic N) is 3. The average Bonchev–Trinajstić information content (AvgIpc) is 2.85. The molecule has 0 aliphatic heterocycles. The van der Waals surface area contributed by atoms with E-state index in [4.69, 9.17) is 5.73 Å². The van der Waals surface area contributed by atoms with Crippen LogP contribution in [-0.4, -0.2) is 102 Å². The number of likely N-dealkylation sites (N-methyl/N-ethyl adjacent to an activating group) is 1. The Bertz CT molecular complexity index is 1320. The molecule has 0 radical (unpaired) electrons. The summed E-state index contributed by atoms with van der Waals surface area (Å²) in [6, 6.07) is 0.781. The van der Waals surface area contributed by atoms with E-state index < -0.39 is 64.7 Å². The van der Waals surface area contributed by atoms with E-state index in [9.17, 15) is 34.5 Å². The van der Waals surface area contributed by atoms with Crippen molar-refractivity contribution >= 4 is 40.5 Å². The van der Waals surface area contributed by atoms with E-state index in [2.05, 4.69) is 10.3 Å². The van der Waals surface area contributed by atoms with E-state index in [-0.39, 0.29) is 29.8 Å². The first-order valence-corrected chi connectivity index (χ1v) is 13.9. The second kappa shape index (κ2) is 10.8. The lowest BCUT2D eigenvalue weighted by Crippen LogP contribution is -2.75. The number of aliphatic imine (C=N–C) groups is 1. The fraction of sp³-hybridized carbons (Fsp3) is 0.621. The van der Waals surface area contributed by atoms with Gasteiger partial charge < -0.3 is 36.2 Å². The molecule has 3 aliphatic carbocycles. The molecule has 2 fully saturated rings. The highest BCUT2D eigenvalue weighted by atomic mass is 16.3. The molecule has 41 heavy (non-hydrogen) atoms. The number of primary amides is 1. The van der Waals surface area contributed by atoms with Gasteiger partial charge in [-0.2, -0.15) is 0 Å². The quantitative estimate of drug-likeness (QED) is 0.137. The molecule has 0 aromatic heterocycles. The number of aromatic hydroxyl groups is 1.